The quantitative estimate of drug-likeness (QED) is 0.835. The van der Waals surface area contributed by atoms with Gasteiger partial charge < -0.3 is 10.1 Å². The van der Waals surface area contributed by atoms with Crippen LogP contribution in [0.25, 0.3) is 0 Å². The van der Waals surface area contributed by atoms with Crippen LogP contribution in [-0.4, -0.2) is 28.5 Å². The molecule has 1 unspecified atom stereocenters. The Hall–Kier alpha value is -2.18. The van der Waals surface area contributed by atoms with Crippen molar-refractivity contribution in [1.29, 1.82) is 0 Å². The van der Waals surface area contributed by atoms with Crippen LogP contribution in [0.2, 0.25) is 10.0 Å². The van der Waals surface area contributed by atoms with E-state index in [1.807, 2.05) is 0 Å². The van der Waals surface area contributed by atoms with Crippen LogP contribution in [0.3, 0.4) is 0 Å². The molecule has 0 bridgehead atoms. The maximum absolute atomic E-state index is 11.8. The average Bonchev–Trinajstić information content (AvgIpc) is 2.53. The molecule has 1 N–H and O–H groups in total. The molecule has 0 aliphatic carbocycles. The molecule has 0 aliphatic rings. The van der Waals surface area contributed by atoms with E-state index in [-0.39, 0.29) is 11.7 Å². The van der Waals surface area contributed by atoms with Crippen molar-refractivity contribution in [3.63, 3.8) is 0 Å². The topological polar surface area (TPSA) is 81.2 Å². The lowest BCUT2D eigenvalue weighted by Gasteiger charge is -2.16. The van der Waals surface area contributed by atoms with Gasteiger partial charge in [0.05, 0.1) is 12.2 Å². The van der Waals surface area contributed by atoms with E-state index in [9.17, 15) is 9.59 Å². The van der Waals surface area contributed by atoms with E-state index in [1.165, 1.54) is 18.6 Å². The fourth-order valence-electron chi connectivity index (χ4n) is 1.82. The highest BCUT2D eigenvalue weighted by Gasteiger charge is 2.15. The third kappa shape index (κ3) is 4.91. The van der Waals surface area contributed by atoms with Crippen molar-refractivity contribution < 1.29 is 14.3 Å². The molecule has 0 aliphatic heterocycles. The summed E-state index contributed by atoms with van der Waals surface area (Å²) < 4.78 is 4.87. The molecule has 8 heteroatoms. The van der Waals surface area contributed by atoms with Crippen molar-refractivity contribution >= 4 is 35.1 Å². The van der Waals surface area contributed by atoms with Crippen molar-refractivity contribution in [3.05, 3.63) is 58.1 Å². The molecular formula is C15H13Cl2N3O3. The number of benzene rings is 1. The number of carbonyl (C=O) groups is 2. The largest absolute Gasteiger partial charge is 0.451 e. The molecule has 6 nitrogen and oxygen atoms in total. The number of rotatable bonds is 5. The first-order valence-corrected chi connectivity index (χ1v) is 7.40. The number of aromatic nitrogens is 2. The molecule has 1 aromatic carbocycles. The molecule has 0 fully saturated rings. The van der Waals surface area contributed by atoms with Crippen LogP contribution in [0.1, 0.15) is 29.0 Å². The van der Waals surface area contributed by atoms with Gasteiger partial charge in [-0.3, -0.25) is 9.78 Å². The lowest BCUT2D eigenvalue weighted by Crippen LogP contribution is -2.31. The number of esters is 1. The first-order chi connectivity index (χ1) is 11.0. The standard InChI is InChI=1S/C15H13Cl2N3O3/c1-9(11-3-2-10(16)6-12(11)17)20-14(21)8-23-15(22)13-7-18-4-5-19-13/h2-7,9H,8H2,1H3,(H,20,21). The molecule has 0 radical (unpaired) electrons. The molecule has 2 rings (SSSR count). The summed E-state index contributed by atoms with van der Waals surface area (Å²) in [5.74, 6) is -1.17. The van der Waals surface area contributed by atoms with Gasteiger partial charge in [0.2, 0.25) is 0 Å². The van der Waals surface area contributed by atoms with Gasteiger partial charge in [0.25, 0.3) is 5.91 Å². The number of hydrogen-bond donors (Lipinski definition) is 1. The minimum absolute atomic E-state index is 0.0362. The first kappa shape index (κ1) is 17.2. The van der Waals surface area contributed by atoms with Crippen molar-refractivity contribution in [2.24, 2.45) is 0 Å². The predicted molar refractivity (Wildman–Crippen MR) is 85.3 cm³/mol. The third-order valence-corrected chi connectivity index (χ3v) is 3.48. The summed E-state index contributed by atoms with van der Waals surface area (Å²) in [6.07, 6.45) is 4.05. The zero-order valence-electron chi connectivity index (χ0n) is 12.1. The zero-order valence-corrected chi connectivity index (χ0v) is 13.6. The maximum atomic E-state index is 11.8. The second kappa shape index (κ2) is 7.89. The summed E-state index contributed by atoms with van der Waals surface area (Å²) in [4.78, 5) is 31.0. The summed E-state index contributed by atoms with van der Waals surface area (Å²) in [6, 6.07) is 4.64. The molecule has 0 saturated carbocycles. The number of amides is 1. The highest BCUT2D eigenvalue weighted by Crippen LogP contribution is 2.25. The Balaban J connectivity index is 1.88. The number of nitrogens with zero attached hydrogens (tertiary/aromatic N) is 2. The number of carbonyl (C=O) groups excluding carboxylic acids is 2. The van der Waals surface area contributed by atoms with Gasteiger partial charge in [-0.25, -0.2) is 9.78 Å². The molecule has 2 aromatic rings. The van der Waals surface area contributed by atoms with Gasteiger partial charge in [0.1, 0.15) is 0 Å². The van der Waals surface area contributed by atoms with E-state index < -0.39 is 18.5 Å². The van der Waals surface area contributed by atoms with Gasteiger partial charge in [-0.15, -0.1) is 0 Å². The van der Waals surface area contributed by atoms with Gasteiger partial charge in [-0.05, 0) is 24.6 Å². The average molecular weight is 354 g/mol. The second-order valence-electron chi connectivity index (χ2n) is 4.62. The first-order valence-electron chi connectivity index (χ1n) is 6.65. The maximum Gasteiger partial charge on any atom is 0.359 e. The molecule has 0 saturated heterocycles. The van der Waals surface area contributed by atoms with Crippen LogP contribution in [0.5, 0.6) is 0 Å². The van der Waals surface area contributed by atoms with Crippen molar-refractivity contribution in [2.45, 2.75) is 13.0 Å². The number of nitrogens with one attached hydrogen (secondary N) is 1. The Bertz CT molecular complexity index is 710. The lowest BCUT2D eigenvalue weighted by atomic mass is 10.1. The van der Waals surface area contributed by atoms with Crippen molar-refractivity contribution in [1.82, 2.24) is 15.3 Å². The van der Waals surface area contributed by atoms with E-state index >= 15 is 0 Å². The minimum Gasteiger partial charge on any atom is -0.451 e. The summed E-state index contributed by atoms with van der Waals surface area (Å²) in [5.41, 5.74) is 0.749. The van der Waals surface area contributed by atoms with Gasteiger partial charge in [-0.1, -0.05) is 29.3 Å². The van der Waals surface area contributed by atoms with E-state index in [0.717, 1.165) is 0 Å². The molecule has 1 aromatic heterocycles. The van der Waals surface area contributed by atoms with Gasteiger partial charge >= 0.3 is 5.97 Å². The molecular weight excluding hydrogens is 341 g/mol. The minimum atomic E-state index is -0.717. The van der Waals surface area contributed by atoms with Crippen LogP contribution >= 0.6 is 23.2 Å². The van der Waals surface area contributed by atoms with E-state index in [2.05, 4.69) is 15.3 Å². The van der Waals surface area contributed by atoms with Gasteiger partial charge in [0, 0.05) is 22.4 Å². The molecule has 1 amide bonds. The summed E-state index contributed by atoms with van der Waals surface area (Å²) in [7, 11) is 0. The molecule has 0 spiro atoms. The van der Waals surface area contributed by atoms with E-state index in [4.69, 9.17) is 27.9 Å². The summed E-state index contributed by atoms with van der Waals surface area (Å²) in [6.45, 7) is 1.34. The molecule has 120 valence electrons. The van der Waals surface area contributed by atoms with Crippen LogP contribution in [0.15, 0.2) is 36.8 Å². The monoisotopic (exact) mass is 353 g/mol. The normalized spacial score (nSPS) is 11.6. The number of hydrogen-bond acceptors (Lipinski definition) is 5. The van der Waals surface area contributed by atoms with Crippen LogP contribution in [0, 0.1) is 0 Å². The fourth-order valence-corrected chi connectivity index (χ4v) is 2.40. The Kier molecular flexibility index (Phi) is 5.90. The third-order valence-electron chi connectivity index (χ3n) is 2.91. The summed E-state index contributed by atoms with van der Waals surface area (Å²) >= 11 is 11.9. The fraction of sp³-hybridized carbons (Fsp3) is 0.200. The van der Waals surface area contributed by atoms with Gasteiger partial charge in [0.15, 0.2) is 12.3 Å². The van der Waals surface area contributed by atoms with Crippen molar-refractivity contribution in [3.8, 4) is 0 Å². The molecule has 23 heavy (non-hydrogen) atoms. The van der Waals surface area contributed by atoms with Crippen LogP contribution in [0.4, 0.5) is 0 Å². The Labute approximate surface area is 142 Å². The predicted octanol–water partition coefficient (Wildman–Crippen LogP) is 2.82. The SMILES string of the molecule is CC(NC(=O)COC(=O)c1cnccn1)c1ccc(Cl)cc1Cl. The molecule has 1 heterocycles. The number of ether oxygens (including phenoxy) is 1. The number of halogens is 2. The highest BCUT2D eigenvalue weighted by atomic mass is 35.5. The Morgan fingerprint density at radius 3 is 2.74 bits per heavy atom. The Morgan fingerprint density at radius 2 is 2.09 bits per heavy atom. The molecule has 1 atom stereocenters. The smallest absolute Gasteiger partial charge is 0.359 e. The Morgan fingerprint density at radius 1 is 1.30 bits per heavy atom. The lowest BCUT2D eigenvalue weighted by molar-refractivity contribution is -0.124. The van der Waals surface area contributed by atoms with E-state index in [1.54, 1.807) is 25.1 Å². The van der Waals surface area contributed by atoms with Crippen LogP contribution < -0.4 is 5.32 Å². The van der Waals surface area contributed by atoms with Gasteiger partial charge in [-0.2, -0.15) is 0 Å². The summed E-state index contributed by atoms with van der Waals surface area (Å²) in [5, 5.41) is 3.64. The highest BCUT2D eigenvalue weighted by molar-refractivity contribution is 6.35. The van der Waals surface area contributed by atoms with Crippen molar-refractivity contribution in [2.75, 3.05) is 6.61 Å². The second-order valence-corrected chi connectivity index (χ2v) is 5.47. The van der Waals surface area contributed by atoms with E-state index in [0.29, 0.717) is 15.6 Å². The van der Waals surface area contributed by atoms with Crippen LogP contribution in [-0.2, 0) is 9.53 Å². The zero-order chi connectivity index (χ0) is 16.8.